The Hall–Kier alpha value is -1.15. The van der Waals surface area contributed by atoms with Crippen molar-refractivity contribution in [2.45, 2.75) is 33.7 Å². The van der Waals surface area contributed by atoms with E-state index in [0.29, 0.717) is 0 Å². The summed E-state index contributed by atoms with van der Waals surface area (Å²) in [5.41, 5.74) is 5.14. The lowest BCUT2D eigenvalue weighted by molar-refractivity contribution is 0.471. The van der Waals surface area contributed by atoms with Gasteiger partial charge in [0, 0.05) is 26.0 Å². The summed E-state index contributed by atoms with van der Waals surface area (Å²) in [4.78, 5) is 11.0. The lowest BCUT2D eigenvalue weighted by Crippen LogP contribution is -2.39. The smallest absolute Gasteiger partial charge is 0.193 e. The summed E-state index contributed by atoms with van der Waals surface area (Å²) in [5.74, 6) is 0.903. The van der Waals surface area contributed by atoms with Crippen molar-refractivity contribution in [3.05, 3.63) is 51.0 Å². The molecule has 0 fully saturated rings. The Kier molecular flexibility index (Phi) is 8.69. The number of aryl methyl sites for hydroxylation is 3. The summed E-state index contributed by atoms with van der Waals surface area (Å²) in [6.07, 6.45) is 0.995. The molecule has 1 aromatic heterocycles. The van der Waals surface area contributed by atoms with E-state index in [9.17, 15) is 0 Å². The van der Waals surface area contributed by atoms with E-state index in [1.54, 1.807) is 11.3 Å². The van der Waals surface area contributed by atoms with Gasteiger partial charge in [0.25, 0.3) is 0 Å². The highest BCUT2D eigenvalue weighted by Gasteiger charge is 2.08. The summed E-state index contributed by atoms with van der Waals surface area (Å²) >= 11 is 1.69. The Morgan fingerprint density at radius 3 is 2.62 bits per heavy atom. The minimum Gasteiger partial charge on any atom is -0.356 e. The van der Waals surface area contributed by atoms with Crippen LogP contribution in [0.15, 0.2) is 28.6 Å². The molecule has 0 aliphatic rings. The third-order valence-corrected chi connectivity index (χ3v) is 4.64. The Labute approximate surface area is 166 Å². The van der Waals surface area contributed by atoms with Gasteiger partial charge in [-0.2, -0.15) is 0 Å². The van der Waals surface area contributed by atoms with Gasteiger partial charge in [-0.15, -0.1) is 35.3 Å². The van der Waals surface area contributed by atoms with Gasteiger partial charge in [0.05, 0.1) is 17.2 Å². The van der Waals surface area contributed by atoms with Gasteiger partial charge in [0.2, 0.25) is 0 Å². The molecule has 0 aliphatic carbocycles. The van der Waals surface area contributed by atoms with Crippen molar-refractivity contribution in [1.29, 1.82) is 0 Å². The van der Waals surface area contributed by atoms with E-state index < -0.39 is 0 Å². The van der Waals surface area contributed by atoms with Crippen molar-refractivity contribution >= 4 is 41.3 Å². The largest absolute Gasteiger partial charge is 0.356 e. The van der Waals surface area contributed by atoms with Crippen LogP contribution < -0.4 is 5.32 Å². The number of aliphatic imine (C=N–C) groups is 1. The lowest BCUT2D eigenvalue weighted by Gasteiger charge is -2.21. The molecule has 2 rings (SSSR count). The predicted molar refractivity (Wildman–Crippen MR) is 115 cm³/mol. The second kappa shape index (κ2) is 9.98. The predicted octanol–water partition coefficient (Wildman–Crippen LogP) is 3.94. The van der Waals surface area contributed by atoms with Gasteiger partial charge >= 0.3 is 0 Å². The molecule has 1 heterocycles. The van der Waals surface area contributed by atoms with Crippen LogP contribution in [-0.4, -0.2) is 36.5 Å². The molecule has 0 bridgehead atoms. The van der Waals surface area contributed by atoms with E-state index >= 15 is 0 Å². The van der Waals surface area contributed by atoms with Gasteiger partial charge in [-0.25, -0.2) is 4.98 Å². The first-order valence-corrected chi connectivity index (χ1v) is 8.76. The molecule has 0 radical (unpaired) electrons. The maximum atomic E-state index is 4.51. The number of nitrogens with zero attached hydrogens (tertiary/aromatic N) is 3. The molecule has 0 amide bonds. The molecular weight excluding hydrogens is 431 g/mol. The van der Waals surface area contributed by atoms with E-state index in [1.807, 2.05) is 21.0 Å². The van der Waals surface area contributed by atoms with E-state index in [2.05, 4.69) is 57.6 Å². The first kappa shape index (κ1) is 20.9. The molecule has 24 heavy (non-hydrogen) atoms. The molecule has 0 saturated heterocycles. The molecule has 132 valence electrons. The fourth-order valence-corrected chi connectivity index (χ4v) is 3.22. The quantitative estimate of drug-likeness (QED) is 0.419. The lowest BCUT2D eigenvalue weighted by atomic mass is 10.0. The fraction of sp³-hybridized carbons (Fsp3) is 0.444. The molecule has 0 saturated carbocycles. The van der Waals surface area contributed by atoms with Gasteiger partial charge in [0.15, 0.2) is 5.96 Å². The van der Waals surface area contributed by atoms with Crippen molar-refractivity contribution in [1.82, 2.24) is 15.2 Å². The Balaban J connectivity index is 0.00000288. The number of nitrogens with one attached hydrogen (secondary N) is 1. The van der Waals surface area contributed by atoms with Gasteiger partial charge < -0.3 is 10.2 Å². The monoisotopic (exact) mass is 458 g/mol. The molecule has 2 aromatic rings. The van der Waals surface area contributed by atoms with Gasteiger partial charge in [0.1, 0.15) is 0 Å². The maximum Gasteiger partial charge on any atom is 0.193 e. The van der Waals surface area contributed by atoms with Crippen molar-refractivity contribution < 1.29 is 0 Å². The minimum atomic E-state index is 0. The first-order valence-electron chi connectivity index (χ1n) is 7.88. The molecule has 6 heteroatoms. The van der Waals surface area contributed by atoms with Crippen molar-refractivity contribution in [3.63, 3.8) is 0 Å². The number of guanidine groups is 1. The highest BCUT2D eigenvalue weighted by Crippen LogP contribution is 2.11. The van der Waals surface area contributed by atoms with Crippen LogP contribution in [-0.2, 0) is 13.0 Å². The molecule has 1 N–H and O–H groups in total. The third-order valence-electron chi connectivity index (χ3n) is 3.81. The van der Waals surface area contributed by atoms with Gasteiger partial charge in [-0.3, -0.25) is 4.99 Å². The van der Waals surface area contributed by atoms with Gasteiger partial charge in [-0.05, 0) is 38.3 Å². The molecule has 0 unspecified atom stereocenters. The van der Waals surface area contributed by atoms with Crippen LogP contribution in [0.2, 0.25) is 0 Å². The molecule has 4 nitrogen and oxygen atoms in total. The van der Waals surface area contributed by atoms with Crippen LogP contribution in [0, 0.1) is 20.8 Å². The summed E-state index contributed by atoms with van der Waals surface area (Å²) in [6.45, 7) is 7.98. The van der Waals surface area contributed by atoms with Crippen LogP contribution in [0.25, 0.3) is 0 Å². The molecule has 0 atom stereocenters. The Bertz CT molecular complexity index is 681. The number of halogens is 1. The second-order valence-electron chi connectivity index (χ2n) is 5.87. The summed E-state index contributed by atoms with van der Waals surface area (Å²) < 4.78 is 0. The summed E-state index contributed by atoms with van der Waals surface area (Å²) in [5, 5.41) is 6.65. The number of aromatic nitrogens is 1. The average molecular weight is 458 g/mol. The normalized spacial score (nSPS) is 11.1. The zero-order valence-electron chi connectivity index (χ0n) is 15.1. The van der Waals surface area contributed by atoms with Crippen LogP contribution in [0.3, 0.4) is 0 Å². The highest BCUT2D eigenvalue weighted by molar-refractivity contribution is 14.0. The summed E-state index contributed by atoms with van der Waals surface area (Å²) in [7, 11) is 3.86. The number of hydrogen-bond acceptors (Lipinski definition) is 3. The van der Waals surface area contributed by atoms with Crippen LogP contribution in [0.5, 0.6) is 0 Å². The first-order chi connectivity index (χ1) is 11.0. The standard InChI is InChI=1S/C18H26N4S.HI/c1-13-6-7-16(14(2)10-13)8-9-20-18(19-4)22(5)11-17-12-23-15(3)21-17;/h6-7,10,12H,8-9,11H2,1-5H3,(H,19,20);1H. The van der Waals surface area contributed by atoms with E-state index in [4.69, 9.17) is 0 Å². The minimum absolute atomic E-state index is 0. The number of hydrogen-bond donors (Lipinski definition) is 1. The van der Waals surface area contributed by atoms with Crippen molar-refractivity contribution in [2.75, 3.05) is 20.6 Å². The molecule has 0 spiro atoms. The SMILES string of the molecule is CN=C(NCCc1ccc(C)cc1C)N(C)Cc1csc(C)n1.I. The number of rotatable bonds is 5. The molecule has 0 aliphatic heterocycles. The topological polar surface area (TPSA) is 40.5 Å². The van der Waals surface area contributed by atoms with Crippen LogP contribution >= 0.6 is 35.3 Å². The van der Waals surface area contributed by atoms with E-state index in [0.717, 1.165) is 36.2 Å². The van der Waals surface area contributed by atoms with Gasteiger partial charge in [-0.1, -0.05) is 23.8 Å². The second-order valence-corrected chi connectivity index (χ2v) is 6.93. The summed E-state index contributed by atoms with van der Waals surface area (Å²) in [6, 6.07) is 6.63. The number of benzene rings is 1. The average Bonchev–Trinajstić information content (AvgIpc) is 2.90. The molecular formula is C18H27IN4S. The maximum absolute atomic E-state index is 4.51. The van der Waals surface area contributed by atoms with Crippen LogP contribution in [0.4, 0.5) is 0 Å². The number of thiazole rings is 1. The Morgan fingerprint density at radius 2 is 2.04 bits per heavy atom. The molecule has 1 aromatic carbocycles. The Morgan fingerprint density at radius 1 is 1.29 bits per heavy atom. The zero-order chi connectivity index (χ0) is 16.8. The zero-order valence-corrected chi connectivity index (χ0v) is 18.2. The van der Waals surface area contributed by atoms with Crippen molar-refractivity contribution in [3.8, 4) is 0 Å². The van der Waals surface area contributed by atoms with Crippen molar-refractivity contribution in [2.24, 2.45) is 4.99 Å². The van der Waals surface area contributed by atoms with Crippen LogP contribution in [0.1, 0.15) is 27.4 Å². The third kappa shape index (κ3) is 6.05. The highest BCUT2D eigenvalue weighted by atomic mass is 127. The van der Waals surface area contributed by atoms with E-state index in [1.165, 1.54) is 16.7 Å². The fourth-order valence-electron chi connectivity index (χ4n) is 2.62. The van der Waals surface area contributed by atoms with E-state index in [-0.39, 0.29) is 24.0 Å².